The second kappa shape index (κ2) is 11.1. The van der Waals surface area contributed by atoms with E-state index in [4.69, 9.17) is 0 Å². The molecule has 1 heterocycles. The summed E-state index contributed by atoms with van der Waals surface area (Å²) in [5, 5.41) is 11.4. The zero-order chi connectivity index (χ0) is 17.4. The molecule has 0 radical (unpaired) electrons. The third-order valence-corrected chi connectivity index (χ3v) is 4.81. The van der Waals surface area contributed by atoms with E-state index in [1.807, 2.05) is 18.2 Å². The molecule has 5 nitrogen and oxygen atoms in total. The number of guanidine groups is 1. The highest BCUT2D eigenvalue weighted by atomic mass is 127. The molecule has 3 N–H and O–H groups in total. The number of rotatable bonds is 6. The maximum absolute atomic E-state index is 11.7. The molecule has 0 aliphatic carbocycles. The summed E-state index contributed by atoms with van der Waals surface area (Å²) in [6.45, 7) is 3.62. The molecule has 0 saturated carbocycles. The summed E-state index contributed by atoms with van der Waals surface area (Å²) in [6.07, 6.45) is 0. The lowest BCUT2D eigenvalue weighted by molar-refractivity contribution is 0.0963. The molecule has 0 fully saturated rings. The van der Waals surface area contributed by atoms with Crippen molar-refractivity contribution in [1.29, 1.82) is 0 Å². The number of carbonyl (C=O) groups excluding carboxylic acids is 1. The standard InChI is InChI=1S/C18H24N4OS.HI/c1-13(16-8-5-9-24-16)11-21-18(20-3)22-12-14-6-4-7-15(10-14)17(23)19-2;/h4-10,13H,11-12H2,1-3H3,(H,19,23)(H2,20,21,22);1H. The Kier molecular flexibility index (Phi) is 9.51. The first-order valence-electron chi connectivity index (χ1n) is 7.93. The van der Waals surface area contributed by atoms with E-state index in [0.717, 1.165) is 18.1 Å². The van der Waals surface area contributed by atoms with Gasteiger partial charge in [-0.2, -0.15) is 0 Å². The van der Waals surface area contributed by atoms with Gasteiger partial charge in [-0.1, -0.05) is 25.1 Å². The van der Waals surface area contributed by atoms with Crippen molar-refractivity contribution in [2.75, 3.05) is 20.6 Å². The maximum atomic E-state index is 11.7. The Morgan fingerprint density at radius 1 is 1.24 bits per heavy atom. The van der Waals surface area contributed by atoms with Crippen LogP contribution < -0.4 is 16.0 Å². The van der Waals surface area contributed by atoms with Crippen LogP contribution in [0.2, 0.25) is 0 Å². The number of aliphatic imine (C=N–C) groups is 1. The molecule has 0 aliphatic heterocycles. The van der Waals surface area contributed by atoms with Crippen molar-refractivity contribution in [1.82, 2.24) is 16.0 Å². The summed E-state index contributed by atoms with van der Waals surface area (Å²) in [5.41, 5.74) is 1.69. The van der Waals surface area contributed by atoms with E-state index in [1.54, 1.807) is 31.5 Å². The molecule has 0 saturated heterocycles. The Morgan fingerprint density at radius 2 is 2.04 bits per heavy atom. The van der Waals surface area contributed by atoms with Crippen molar-refractivity contribution in [2.45, 2.75) is 19.4 Å². The molecule has 0 aliphatic rings. The second-order valence-electron chi connectivity index (χ2n) is 5.50. The predicted octanol–water partition coefficient (Wildman–Crippen LogP) is 3.19. The Bertz CT molecular complexity index is 688. The molecule has 1 unspecified atom stereocenters. The topological polar surface area (TPSA) is 65.5 Å². The summed E-state index contributed by atoms with van der Waals surface area (Å²) in [5.74, 6) is 1.10. The number of hydrogen-bond acceptors (Lipinski definition) is 3. The summed E-state index contributed by atoms with van der Waals surface area (Å²) in [4.78, 5) is 17.3. The number of nitrogens with one attached hydrogen (secondary N) is 3. The smallest absolute Gasteiger partial charge is 0.251 e. The minimum atomic E-state index is -0.0795. The highest BCUT2D eigenvalue weighted by molar-refractivity contribution is 14.0. The molecule has 0 bridgehead atoms. The summed E-state index contributed by atoms with van der Waals surface area (Å²) in [6, 6.07) is 11.8. The second-order valence-corrected chi connectivity index (χ2v) is 6.48. The van der Waals surface area contributed by atoms with Crippen LogP contribution in [0, 0.1) is 0 Å². The molecule has 2 aromatic rings. The minimum Gasteiger partial charge on any atom is -0.356 e. The predicted molar refractivity (Wildman–Crippen MR) is 116 cm³/mol. The van der Waals surface area contributed by atoms with Crippen LogP contribution in [0.3, 0.4) is 0 Å². The van der Waals surface area contributed by atoms with Crippen LogP contribution in [-0.2, 0) is 6.54 Å². The lowest BCUT2D eigenvalue weighted by Crippen LogP contribution is -2.38. The fraction of sp³-hybridized carbons (Fsp3) is 0.333. The number of hydrogen-bond donors (Lipinski definition) is 3. The first-order valence-corrected chi connectivity index (χ1v) is 8.81. The van der Waals surface area contributed by atoms with Gasteiger partial charge >= 0.3 is 0 Å². The van der Waals surface area contributed by atoms with Crippen LogP contribution in [0.5, 0.6) is 0 Å². The van der Waals surface area contributed by atoms with Crippen LogP contribution in [0.1, 0.15) is 33.6 Å². The summed E-state index contributed by atoms with van der Waals surface area (Å²) in [7, 11) is 3.39. The number of halogens is 1. The average Bonchev–Trinajstić information content (AvgIpc) is 3.16. The fourth-order valence-electron chi connectivity index (χ4n) is 2.30. The van der Waals surface area contributed by atoms with Gasteiger partial charge < -0.3 is 16.0 Å². The normalized spacial score (nSPS) is 12.0. The Morgan fingerprint density at radius 3 is 2.68 bits per heavy atom. The molecule has 1 aromatic heterocycles. The molecule has 2 rings (SSSR count). The Hall–Kier alpha value is -1.61. The van der Waals surface area contributed by atoms with Gasteiger partial charge in [-0.25, -0.2) is 0 Å². The van der Waals surface area contributed by atoms with E-state index in [9.17, 15) is 4.79 Å². The van der Waals surface area contributed by atoms with Crippen LogP contribution in [0.4, 0.5) is 0 Å². The third kappa shape index (κ3) is 6.66. The van der Waals surface area contributed by atoms with Gasteiger partial charge in [-0.3, -0.25) is 9.79 Å². The van der Waals surface area contributed by atoms with Crippen LogP contribution in [-0.4, -0.2) is 32.5 Å². The molecule has 0 spiro atoms. The number of benzene rings is 1. The quantitative estimate of drug-likeness (QED) is 0.344. The van der Waals surface area contributed by atoms with Gasteiger partial charge in [0.05, 0.1) is 0 Å². The molecular weight excluding hydrogens is 447 g/mol. The zero-order valence-electron chi connectivity index (χ0n) is 14.7. The van der Waals surface area contributed by atoms with Crippen molar-refractivity contribution in [3.8, 4) is 0 Å². The van der Waals surface area contributed by atoms with Crippen molar-refractivity contribution in [3.05, 3.63) is 57.8 Å². The van der Waals surface area contributed by atoms with Gasteiger partial charge in [0, 0.05) is 43.5 Å². The summed E-state index contributed by atoms with van der Waals surface area (Å²) >= 11 is 1.77. The average molecular weight is 472 g/mol. The monoisotopic (exact) mass is 472 g/mol. The van der Waals surface area contributed by atoms with E-state index >= 15 is 0 Å². The van der Waals surface area contributed by atoms with E-state index in [2.05, 4.69) is 45.4 Å². The summed E-state index contributed by atoms with van der Waals surface area (Å²) < 4.78 is 0. The zero-order valence-corrected chi connectivity index (χ0v) is 17.9. The van der Waals surface area contributed by atoms with Crippen LogP contribution in [0.25, 0.3) is 0 Å². The maximum Gasteiger partial charge on any atom is 0.251 e. The molecule has 1 aromatic carbocycles. The molecular formula is C18H25IN4OS. The van der Waals surface area contributed by atoms with Crippen LogP contribution >= 0.6 is 35.3 Å². The van der Waals surface area contributed by atoms with Gasteiger partial charge in [-0.05, 0) is 29.1 Å². The number of nitrogens with zero attached hydrogens (tertiary/aromatic N) is 1. The minimum absolute atomic E-state index is 0. The lowest BCUT2D eigenvalue weighted by Gasteiger charge is -2.15. The number of amides is 1. The largest absolute Gasteiger partial charge is 0.356 e. The first kappa shape index (κ1) is 21.4. The SMILES string of the molecule is CN=C(NCc1cccc(C(=O)NC)c1)NCC(C)c1cccs1.I. The van der Waals surface area contributed by atoms with Crippen molar-refractivity contribution in [2.24, 2.45) is 4.99 Å². The number of carbonyl (C=O) groups is 1. The fourth-order valence-corrected chi connectivity index (χ4v) is 3.08. The van der Waals surface area contributed by atoms with Gasteiger partial charge in [0.15, 0.2) is 5.96 Å². The van der Waals surface area contributed by atoms with Gasteiger partial charge in [0.2, 0.25) is 0 Å². The van der Waals surface area contributed by atoms with Crippen molar-refractivity contribution in [3.63, 3.8) is 0 Å². The van der Waals surface area contributed by atoms with Gasteiger partial charge in [0.25, 0.3) is 5.91 Å². The molecule has 136 valence electrons. The van der Waals surface area contributed by atoms with E-state index in [0.29, 0.717) is 18.0 Å². The highest BCUT2D eigenvalue weighted by Crippen LogP contribution is 2.19. The third-order valence-electron chi connectivity index (χ3n) is 3.70. The first-order chi connectivity index (χ1) is 11.6. The molecule has 25 heavy (non-hydrogen) atoms. The van der Waals surface area contributed by atoms with Gasteiger partial charge in [-0.15, -0.1) is 35.3 Å². The van der Waals surface area contributed by atoms with Crippen LogP contribution in [0.15, 0.2) is 46.8 Å². The number of thiophene rings is 1. The van der Waals surface area contributed by atoms with Crippen molar-refractivity contribution >= 4 is 47.2 Å². The lowest BCUT2D eigenvalue weighted by atomic mass is 10.1. The Labute approximate surface area is 170 Å². The van der Waals surface area contributed by atoms with E-state index < -0.39 is 0 Å². The molecule has 7 heteroatoms. The molecule has 1 atom stereocenters. The Balaban J connectivity index is 0.00000312. The van der Waals surface area contributed by atoms with E-state index in [1.165, 1.54) is 4.88 Å². The van der Waals surface area contributed by atoms with Gasteiger partial charge in [0.1, 0.15) is 0 Å². The highest BCUT2D eigenvalue weighted by Gasteiger charge is 2.08. The van der Waals surface area contributed by atoms with E-state index in [-0.39, 0.29) is 29.9 Å². The molecule has 1 amide bonds. The van der Waals surface area contributed by atoms with Crippen molar-refractivity contribution < 1.29 is 4.79 Å².